The Hall–Kier alpha value is -1.26. The van der Waals surface area contributed by atoms with Crippen molar-refractivity contribution >= 4 is 5.69 Å². The maximum atomic E-state index is 5.58. The van der Waals surface area contributed by atoms with Crippen LogP contribution in [0.15, 0.2) is 24.3 Å². The predicted octanol–water partition coefficient (Wildman–Crippen LogP) is 1.89. The highest BCUT2D eigenvalue weighted by Gasteiger charge is 2.17. The second-order valence-corrected chi connectivity index (χ2v) is 4.32. The molecule has 4 heteroatoms. The minimum absolute atomic E-state index is 0.315. The number of para-hydroxylation sites is 2. The number of methoxy groups -OCH3 is 2. The number of nitrogens with zero attached hydrogens (tertiary/aromatic N) is 1. The topological polar surface area (TPSA) is 47.7 Å². The predicted molar refractivity (Wildman–Crippen MR) is 75.3 cm³/mol. The number of likely N-dealkylation sites (N-methyl/N-ethyl adjacent to an activating group) is 1. The fourth-order valence-corrected chi connectivity index (χ4v) is 2.05. The quantitative estimate of drug-likeness (QED) is 0.767. The molecule has 0 bridgehead atoms. The largest absolute Gasteiger partial charge is 0.495 e. The summed E-state index contributed by atoms with van der Waals surface area (Å²) in [6, 6.07) is 8.33. The van der Waals surface area contributed by atoms with Crippen LogP contribution < -0.4 is 15.4 Å². The lowest BCUT2D eigenvalue weighted by Crippen LogP contribution is -2.36. The Balaban J connectivity index is 2.82. The minimum Gasteiger partial charge on any atom is -0.495 e. The van der Waals surface area contributed by atoms with Crippen LogP contribution in [0.1, 0.15) is 12.8 Å². The van der Waals surface area contributed by atoms with Crippen molar-refractivity contribution in [3.05, 3.63) is 24.3 Å². The molecule has 0 saturated carbocycles. The van der Waals surface area contributed by atoms with E-state index in [1.54, 1.807) is 14.2 Å². The van der Waals surface area contributed by atoms with Gasteiger partial charge >= 0.3 is 0 Å². The zero-order chi connectivity index (χ0) is 13.4. The third-order valence-corrected chi connectivity index (χ3v) is 3.11. The first kappa shape index (κ1) is 14.8. The molecule has 0 aliphatic carbocycles. The summed E-state index contributed by atoms with van der Waals surface area (Å²) in [7, 11) is 5.49. The molecule has 0 aromatic heterocycles. The van der Waals surface area contributed by atoms with Crippen LogP contribution in [0.2, 0.25) is 0 Å². The Labute approximate surface area is 110 Å². The Morgan fingerprint density at radius 3 is 2.61 bits per heavy atom. The van der Waals surface area contributed by atoms with E-state index in [0.717, 1.165) is 24.3 Å². The fourth-order valence-electron chi connectivity index (χ4n) is 2.05. The summed E-state index contributed by atoms with van der Waals surface area (Å²) in [5, 5.41) is 0. The second-order valence-electron chi connectivity index (χ2n) is 4.32. The Morgan fingerprint density at radius 2 is 2.00 bits per heavy atom. The van der Waals surface area contributed by atoms with E-state index in [0.29, 0.717) is 19.2 Å². The third kappa shape index (κ3) is 3.89. The van der Waals surface area contributed by atoms with Crippen molar-refractivity contribution in [2.75, 3.05) is 39.3 Å². The van der Waals surface area contributed by atoms with Crippen molar-refractivity contribution in [1.29, 1.82) is 0 Å². The molecule has 1 aromatic rings. The first-order valence-corrected chi connectivity index (χ1v) is 6.29. The summed E-state index contributed by atoms with van der Waals surface area (Å²) in [5.41, 5.74) is 6.67. The molecule has 4 nitrogen and oxygen atoms in total. The van der Waals surface area contributed by atoms with Crippen molar-refractivity contribution in [1.82, 2.24) is 0 Å². The van der Waals surface area contributed by atoms with Gasteiger partial charge in [-0.2, -0.15) is 0 Å². The van der Waals surface area contributed by atoms with Crippen LogP contribution in [0.4, 0.5) is 5.69 Å². The van der Waals surface area contributed by atoms with Crippen molar-refractivity contribution < 1.29 is 9.47 Å². The number of rotatable bonds is 8. The average Bonchev–Trinajstić information content (AvgIpc) is 2.42. The molecule has 1 rings (SSSR count). The molecule has 0 spiro atoms. The molecule has 102 valence electrons. The summed E-state index contributed by atoms with van der Waals surface area (Å²) in [4.78, 5) is 2.21. The van der Waals surface area contributed by atoms with E-state index in [1.807, 2.05) is 18.2 Å². The van der Waals surface area contributed by atoms with Gasteiger partial charge < -0.3 is 20.1 Å². The summed E-state index contributed by atoms with van der Waals surface area (Å²) < 4.78 is 10.7. The fraction of sp³-hybridized carbons (Fsp3) is 0.571. The summed E-state index contributed by atoms with van der Waals surface area (Å²) >= 11 is 0. The molecule has 0 saturated heterocycles. The van der Waals surface area contributed by atoms with Crippen molar-refractivity contribution in [3.8, 4) is 5.75 Å². The van der Waals surface area contributed by atoms with Gasteiger partial charge in [0.1, 0.15) is 5.75 Å². The van der Waals surface area contributed by atoms with Crippen LogP contribution in [-0.4, -0.2) is 40.5 Å². The molecule has 0 fully saturated rings. The third-order valence-electron chi connectivity index (χ3n) is 3.11. The number of ether oxygens (including phenoxy) is 2. The van der Waals surface area contributed by atoms with Crippen LogP contribution in [0.25, 0.3) is 0 Å². The lowest BCUT2D eigenvalue weighted by atomic mass is 10.1. The van der Waals surface area contributed by atoms with Gasteiger partial charge in [0, 0.05) is 14.2 Å². The van der Waals surface area contributed by atoms with Gasteiger partial charge in [-0.05, 0) is 31.5 Å². The Kier molecular flexibility index (Phi) is 6.54. The van der Waals surface area contributed by atoms with Crippen molar-refractivity contribution in [3.63, 3.8) is 0 Å². The van der Waals surface area contributed by atoms with Crippen LogP contribution in [0.3, 0.4) is 0 Å². The standard InChI is InChI=1S/C14H24N2O2/c1-16(12(11-17-2)7-6-10-15)13-8-4-5-9-14(13)18-3/h4-5,8-9,12H,6-7,10-11,15H2,1-3H3. The highest BCUT2D eigenvalue weighted by Crippen LogP contribution is 2.28. The van der Waals surface area contributed by atoms with E-state index in [4.69, 9.17) is 15.2 Å². The molecule has 0 aliphatic heterocycles. The molecule has 18 heavy (non-hydrogen) atoms. The van der Waals surface area contributed by atoms with Crippen LogP contribution in [0.5, 0.6) is 5.75 Å². The van der Waals surface area contributed by atoms with Gasteiger partial charge in [0.2, 0.25) is 0 Å². The lowest BCUT2D eigenvalue weighted by Gasteiger charge is -2.30. The summed E-state index contributed by atoms with van der Waals surface area (Å²) in [6.45, 7) is 1.40. The van der Waals surface area contributed by atoms with Crippen LogP contribution in [0, 0.1) is 0 Å². The van der Waals surface area contributed by atoms with E-state index >= 15 is 0 Å². The molecule has 0 aliphatic rings. The maximum Gasteiger partial charge on any atom is 0.142 e. The van der Waals surface area contributed by atoms with Gasteiger partial charge in [-0.3, -0.25) is 0 Å². The molecule has 2 N–H and O–H groups in total. The SMILES string of the molecule is COCC(CCCN)N(C)c1ccccc1OC. The smallest absolute Gasteiger partial charge is 0.142 e. The average molecular weight is 252 g/mol. The normalized spacial score (nSPS) is 12.2. The molecular formula is C14H24N2O2. The van der Waals surface area contributed by atoms with Crippen molar-refractivity contribution in [2.24, 2.45) is 5.73 Å². The first-order chi connectivity index (χ1) is 8.74. The van der Waals surface area contributed by atoms with E-state index in [2.05, 4.69) is 18.0 Å². The minimum atomic E-state index is 0.315. The summed E-state index contributed by atoms with van der Waals surface area (Å²) in [5.74, 6) is 0.883. The van der Waals surface area contributed by atoms with Gasteiger partial charge in [0.15, 0.2) is 0 Å². The molecule has 1 atom stereocenters. The van der Waals surface area contributed by atoms with Crippen LogP contribution >= 0.6 is 0 Å². The molecule has 0 amide bonds. The lowest BCUT2D eigenvalue weighted by molar-refractivity contribution is 0.174. The first-order valence-electron chi connectivity index (χ1n) is 6.29. The van der Waals surface area contributed by atoms with E-state index < -0.39 is 0 Å². The molecule has 0 radical (unpaired) electrons. The number of hydrogen-bond donors (Lipinski definition) is 1. The van der Waals surface area contributed by atoms with Crippen molar-refractivity contribution in [2.45, 2.75) is 18.9 Å². The zero-order valence-corrected chi connectivity index (χ0v) is 11.6. The molecular weight excluding hydrogens is 228 g/mol. The second kappa shape index (κ2) is 7.95. The highest BCUT2D eigenvalue weighted by atomic mass is 16.5. The van der Waals surface area contributed by atoms with Gasteiger partial charge in [0.25, 0.3) is 0 Å². The van der Waals surface area contributed by atoms with Gasteiger partial charge in [-0.1, -0.05) is 12.1 Å². The monoisotopic (exact) mass is 252 g/mol. The number of anilines is 1. The maximum absolute atomic E-state index is 5.58. The van der Waals surface area contributed by atoms with Gasteiger partial charge in [0.05, 0.1) is 25.4 Å². The van der Waals surface area contributed by atoms with E-state index in [9.17, 15) is 0 Å². The Morgan fingerprint density at radius 1 is 1.28 bits per heavy atom. The van der Waals surface area contributed by atoms with E-state index in [1.165, 1.54) is 0 Å². The van der Waals surface area contributed by atoms with E-state index in [-0.39, 0.29) is 0 Å². The van der Waals surface area contributed by atoms with Gasteiger partial charge in [-0.15, -0.1) is 0 Å². The van der Waals surface area contributed by atoms with Crippen LogP contribution in [-0.2, 0) is 4.74 Å². The number of nitrogens with two attached hydrogens (primary N) is 1. The molecule has 1 aromatic carbocycles. The number of hydrogen-bond acceptors (Lipinski definition) is 4. The molecule has 1 unspecified atom stereocenters. The Bertz CT molecular complexity index is 344. The zero-order valence-electron chi connectivity index (χ0n) is 11.6. The number of benzene rings is 1. The van der Waals surface area contributed by atoms with Gasteiger partial charge in [-0.25, -0.2) is 0 Å². The molecule has 0 heterocycles. The highest BCUT2D eigenvalue weighted by molar-refractivity contribution is 5.58. The summed E-state index contributed by atoms with van der Waals surface area (Å²) in [6.07, 6.45) is 2.01.